The molecule has 0 spiro atoms. The average molecular weight is 195 g/mol. The van der Waals surface area contributed by atoms with Gasteiger partial charge in [0.1, 0.15) is 6.34 Å². The number of carbonyl (C=O) groups excluding carboxylic acids is 2. The zero-order valence-electron chi connectivity index (χ0n) is 7.76. The predicted molar refractivity (Wildman–Crippen MR) is 48.8 cm³/mol. The van der Waals surface area contributed by atoms with Crippen molar-refractivity contribution >= 4 is 24.0 Å². The first-order valence-electron chi connectivity index (χ1n) is 3.95. The molecule has 2 aliphatic rings. The lowest BCUT2D eigenvalue weighted by Gasteiger charge is -2.39. The molecule has 1 fully saturated rings. The van der Waals surface area contributed by atoms with Crippen molar-refractivity contribution < 1.29 is 9.59 Å². The van der Waals surface area contributed by atoms with Crippen LogP contribution < -0.4 is 5.73 Å². The zero-order chi connectivity index (χ0) is 10.5. The Kier molecular flexibility index (Phi) is 1.50. The number of hydrogen-bond acceptors (Lipinski definition) is 5. The minimum atomic E-state index is -1.42. The quantitative estimate of drug-likeness (QED) is 0.515. The molecule has 2 rings (SSSR count). The van der Waals surface area contributed by atoms with Gasteiger partial charge in [0.05, 0.1) is 0 Å². The van der Waals surface area contributed by atoms with Crippen LogP contribution in [0.2, 0.25) is 0 Å². The monoisotopic (exact) mass is 195 g/mol. The second-order valence-corrected chi connectivity index (χ2v) is 3.15. The van der Waals surface area contributed by atoms with Gasteiger partial charge in [-0.25, -0.2) is 14.8 Å². The van der Waals surface area contributed by atoms with Gasteiger partial charge in [0.25, 0.3) is 5.91 Å². The first-order chi connectivity index (χ1) is 6.48. The molecule has 7 heteroatoms. The highest BCUT2D eigenvalue weighted by Gasteiger charge is 2.51. The van der Waals surface area contributed by atoms with Gasteiger partial charge < -0.3 is 0 Å². The number of fused-ring (bicyclic) bond motifs is 1. The molecule has 0 aromatic carbocycles. The van der Waals surface area contributed by atoms with Gasteiger partial charge in [0.2, 0.25) is 5.79 Å². The number of urea groups is 1. The molecule has 0 radical (unpaired) electrons. The molecule has 14 heavy (non-hydrogen) atoms. The number of carbonyl (C=O) groups is 2. The van der Waals surface area contributed by atoms with E-state index in [0.29, 0.717) is 0 Å². The average Bonchev–Trinajstić information content (AvgIpc) is 2.55. The Morgan fingerprint density at radius 1 is 1.43 bits per heavy atom. The number of hydrogen-bond donors (Lipinski definition) is 1. The third-order valence-electron chi connectivity index (χ3n) is 2.38. The smallest absolute Gasteiger partial charge is 0.285 e. The topological polar surface area (TPSA) is 91.4 Å². The summed E-state index contributed by atoms with van der Waals surface area (Å²) in [7, 11) is 2.85. The van der Waals surface area contributed by atoms with E-state index >= 15 is 0 Å². The fraction of sp³-hybridized carbons (Fsp3) is 0.429. The van der Waals surface area contributed by atoms with Crippen molar-refractivity contribution in [3.8, 4) is 0 Å². The first-order valence-corrected chi connectivity index (χ1v) is 3.95. The SMILES string of the molecule is CN1C(=O)C2=NC=NC2(N)N(C)C1=O. The van der Waals surface area contributed by atoms with E-state index in [4.69, 9.17) is 5.73 Å². The number of imide groups is 1. The van der Waals surface area contributed by atoms with E-state index in [-0.39, 0.29) is 5.71 Å². The molecule has 1 unspecified atom stereocenters. The Morgan fingerprint density at radius 3 is 2.71 bits per heavy atom. The van der Waals surface area contributed by atoms with E-state index in [0.717, 1.165) is 4.90 Å². The van der Waals surface area contributed by atoms with E-state index < -0.39 is 17.7 Å². The molecular formula is C7H9N5O2. The Bertz CT molecular complexity index is 388. The highest BCUT2D eigenvalue weighted by atomic mass is 16.2. The maximum Gasteiger partial charge on any atom is 0.329 e. The van der Waals surface area contributed by atoms with Crippen LogP contribution in [-0.4, -0.2) is 53.7 Å². The van der Waals surface area contributed by atoms with E-state index in [1.807, 2.05) is 0 Å². The summed E-state index contributed by atoms with van der Waals surface area (Å²) in [6.45, 7) is 0. The molecule has 3 amide bonds. The van der Waals surface area contributed by atoms with Crippen LogP contribution in [0, 0.1) is 0 Å². The highest BCUT2D eigenvalue weighted by Crippen LogP contribution is 2.22. The van der Waals surface area contributed by atoms with Crippen LogP contribution in [0.25, 0.3) is 0 Å². The standard InChI is InChI=1S/C7H9N5O2/c1-11-5(13)4-7(8,10-3-9-4)12(2)6(11)14/h3H,8H2,1-2H3. The van der Waals surface area contributed by atoms with Gasteiger partial charge in [-0.2, -0.15) is 0 Å². The van der Waals surface area contributed by atoms with E-state index in [1.54, 1.807) is 0 Å². The molecule has 2 aliphatic heterocycles. The number of rotatable bonds is 0. The lowest BCUT2D eigenvalue weighted by atomic mass is 10.1. The molecule has 2 heterocycles. The Morgan fingerprint density at radius 2 is 2.07 bits per heavy atom. The van der Waals surface area contributed by atoms with Crippen LogP contribution in [-0.2, 0) is 4.79 Å². The lowest BCUT2D eigenvalue weighted by molar-refractivity contribution is -0.122. The van der Waals surface area contributed by atoms with Crippen molar-refractivity contribution in [2.45, 2.75) is 5.79 Å². The summed E-state index contributed by atoms with van der Waals surface area (Å²) >= 11 is 0. The van der Waals surface area contributed by atoms with Crippen LogP contribution in [0.15, 0.2) is 9.98 Å². The zero-order valence-corrected chi connectivity index (χ0v) is 7.76. The van der Waals surface area contributed by atoms with Crippen LogP contribution in [0.1, 0.15) is 0 Å². The molecule has 1 saturated heterocycles. The molecule has 0 bridgehead atoms. The van der Waals surface area contributed by atoms with Crippen molar-refractivity contribution in [2.24, 2.45) is 15.7 Å². The maximum atomic E-state index is 11.6. The summed E-state index contributed by atoms with van der Waals surface area (Å²) in [5, 5.41) is 0. The largest absolute Gasteiger partial charge is 0.329 e. The fourth-order valence-electron chi connectivity index (χ4n) is 1.41. The predicted octanol–water partition coefficient (Wildman–Crippen LogP) is -1.39. The Hall–Kier alpha value is -1.76. The minimum absolute atomic E-state index is 0.0714. The van der Waals surface area contributed by atoms with E-state index in [2.05, 4.69) is 9.98 Å². The van der Waals surface area contributed by atoms with Gasteiger partial charge in [0, 0.05) is 14.1 Å². The highest BCUT2D eigenvalue weighted by molar-refractivity contribution is 6.47. The molecule has 7 nitrogen and oxygen atoms in total. The number of nitrogens with two attached hydrogens (primary N) is 1. The molecule has 0 saturated carbocycles. The van der Waals surface area contributed by atoms with Gasteiger partial charge in [-0.3, -0.25) is 20.3 Å². The third kappa shape index (κ3) is 0.791. The molecule has 0 aromatic rings. The van der Waals surface area contributed by atoms with E-state index in [1.165, 1.54) is 25.3 Å². The molecule has 1 atom stereocenters. The van der Waals surface area contributed by atoms with Crippen molar-refractivity contribution in [2.75, 3.05) is 14.1 Å². The van der Waals surface area contributed by atoms with Crippen molar-refractivity contribution in [3.05, 3.63) is 0 Å². The van der Waals surface area contributed by atoms with Gasteiger partial charge in [-0.1, -0.05) is 0 Å². The van der Waals surface area contributed by atoms with Gasteiger partial charge >= 0.3 is 6.03 Å². The number of nitrogens with zero attached hydrogens (tertiary/aromatic N) is 4. The summed E-state index contributed by atoms with van der Waals surface area (Å²) < 4.78 is 0. The normalized spacial score (nSPS) is 30.9. The third-order valence-corrected chi connectivity index (χ3v) is 2.38. The molecule has 0 aromatic heterocycles. The summed E-state index contributed by atoms with van der Waals surface area (Å²) in [6.07, 6.45) is 1.19. The second kappa shape index (κ2) is 2.38. The van der Waals surface area contributed by atoms with E-state index in [9.17, 15) is 9.59 Å². The Balaban J connectivity index is 2.53. The lowest BCUT2D eigenvalue weighted by Crippen LogP contribution is -2.70. The Labute approximate surface area is 79.9 Å². The fourth-order valence-corrected chi connectivity index (χ4v) is 1.41. The molecule has 74 valence electrons. The van der Waals surface area contributed by atoms with Crippen LogP contribution >= 0.6 is 0 Å². The first kappa shape index (κ1) is 8.82. The maximum absolute atomic E-state index is 11.6. The van der Waals surface area contributed by atoms with Crippen molar-refractivity contribution in [1.82, 2.24) is 9.80 Å². The minimum Gasteiger partial charge on any atom is -0.285 e. The summed E-state index contributed by atoms with van der Waals surface area (Å²) in [5.41, 5.74) is 5.85. The molecule has 0 aliphatic carbocycles. The van der Waals surface area contributed by atoms with Crippen LogP contribution in [0.3, 0.4) is 0 Å². The van der Waals surface area contributed by atoms with Crippen LogP contribution in [0.5, 0.6) is 0 Å². The van der Waals surface area contributed by atoms with Gasteiger partial charge in [-0.05, 0) is 0 Å². The van der Waals surface area contributed by atoms with Gasteiger partial charge in [0.15, 0.2) is 5.71 Å². The van der Waals surface area contributed by atoms with Crippen molar-refractivity contribution in [3.63, 3.8) is 0 Å². The summed E-state index contributed by atoms with van der Waals surface area (Å²) in [5.74, 6) is -1.92. The molecule has 2 N–H and O–H groups in total. The number of aliphatic imine (C=N–C) groups is 2. The molecular weight excluding hydrogens is 186 g/mol. The van der Waals surface area contributed by atoms with Crippen molar-refractivity contribution in [1.29, 1.82) is 0 Å². The van der Waals surface area contributed by atoms with Gasteiger partial charge in [-0.15, -0.1) is 0 Å². The number of amides is 3. The summed E-state index contributed by atoms with van der Waals surface area (Å²) in [4.78, 5) is 32.8. The summed E-state index contributed by atoms with van der Waals surface area (Å²) in [6, 6.07) is -0.490. The second-order valence-electron chi connectivity index (χ2n) is 3.15. The van der Waals surface area contributed by atoms with Crippen LogP contribution in [0.4, 0.5) is 4.79 Å².